The summed E-state index contributed by atoms with van der Waals surface area (Å²) in [6, 6.07) is 8.38. The number of amides is 1. The molecule has 1 aliphatic carbocycles. The van der Waals surface area contributed by atoms with E-state index in [0.717, 1.165) is 0 Å². The van der Waals surface area contributed by atoms with Gasteiger partial charge in [0.2, 0.25) is 0 Å². The highest BCUT2D eigenvalue weighted by Gasteiger charge is 2.44. The van der Waals surface area contributed by atoms with Gasteiger partial charge < -0.3 is 14.7 Å². The number of carbonyl (C=O) groups excluding carboxylic acids is 2. The number of nitrogens with zero attached hydrogens (tertiary/aromatic N) is 4. The van der Waals surface area contributed by atoms with Crippen LogP contribution in [0.15, 0.2) is 48.9 Å². The van der Waals surface area contributed by atoms with Crippen LogP contribution in [-0.4, -0.2) is 61.1 Å². The lowest BCUT2D eigenvalue weighted by molar-refractivity contribution is -0.150. The predicted octanol–water partition coefficient (Wildman–Crippen LogP) is 5.64. The Labute approximate surface area is 242 Å². The Bertz CT molecular complexity index is 1420. The standard InChI is InChI=1S/C29H30Cl2N4O5/c1-17-21(13-33-35(17)18-8-10-29(2,11-9-18)28(38)39)27(37)34-16-20(40-19-6-4-3-5-7-19)12-24(34)26(36)25-22(30)14-32-15-23(25)31/h3-7,13-15,18,20,24H,8-12,16H2,1-2H3,(H,38,39)/t18?,20-,24+,29?/m0/s1. The number of benzene rings is 1. The predicted molar refractivity (Wildman–Crippen MR) is 149 cm³/mol. The van der Waals surface area contributed by atoms with E-state index in [1.165, 1.54) is 23.5 Å². The molecule has 1 amide bonds. The third-order valence-electron chi connectivity index (χ3n) is 8.17. The number of aliphatic carboxylic acids is 1. The molecule has 210 valence electrons. The first kappa shape index (κ1) is 28.1. The summed E-state index contributed by atoms with van der Waals surface area (Å²) in [5.41, 5.74) is 0.435. The van der Waals surface area contributed by atoms with Crippen molar-refractivity contribution < 1.29 is 24.2 Å². The fourth-order valence-electron chi connectivity index (χ4n) is 5.71. The highest BCUT2D eigenvalue weighted by molar-refractivity contribution is 6.40. The van der Waals surface area contributed by atoms with E-state index in [-0.39, 0.29) is 46.3 Å². The molecule has 9 nitrogen and oxygen atoms in total. The summed E-state index contributed by atoms with van der Waals surface area (Å²) in [5, 5.41) is 14.3. The van der Waals surface area contributed by atoms with E-state index in [9.17, 15) is 19.5 Å². The van der Waals surface area contributed by atoms with Crippen molar-refractivity contribution in [2.75, 3.05) is 6.54 Å². The summed E-state index contributed by atoms with van der Waals surface area (Å²) in [4.78, 5) is 44.9. The molecule has 0 spiro atoms. The molecule has 3 heterocycles. The van der Waals surface area contributed by atoms with Crippen LogP contribution in [0.4, 0.5) is 0 Å². The summed E-state index contributed by atoms with van der Waals surface area (Å²) in [6.45, 7) is 3.79. The maximum absolute atomic E-state index is 14.0. The first-order valence-electron chi connectivity index (χ1n) is 13.2. The lowest BCUT2D eigenvalue weighted by Crippen LogP contribution is -2.41. The summed E-state index contributed by atoms with van der Waals surface area (Å²) in [5.74, 6) is -0.864. The van der Waals surface area contributed by atoms with E-state index in [1.807, 2.05) is 41.9 Å². The Morgan fingerprint density at radius 3 is 2.33 bits per heavy atom. The lowest BCUT2D eigenvalue weighted by atomic mass is 9.74. The Balaban J connectivity index is 1.41. The number of para-hydroxylation sites is 1. The SMILES string of the molecule is Cc1c(C(=O)N2C[C@@H](Oc3ccccc3)C[C@@H]2C(=O)c2c(Cl)cncc2Cl)cnn1C1CCC(C)(C(=O)O)CC1. The number of ketones is 1. The zero-order chi connectivity index (χ0) is 28.6. The van der Waals surface area contributed by atoms with Crippen LogP contribution in [0.2, 0.25) is 10.0 Å². The van der Waals surface area contributed by atoms with Crippen LogP contribution >= 0.6 is 23.2 Å². The summed E-state index contributed by atoms with van der Waals surface area (Å²) < 4.78 is 7.96. The van der Waals surface area contributed by atoms with E-state index in [0.29, 0.717) is 42.7 Å². The molecule has 1 saturated heterocycles. The fraction of sp³-hybridized carbons (Fsp3) is 0.414. The van der Waals surface area contributed by atoms with Gasteiger partial charge in [0.05, 0.1) is 51.4 Å². The number of rotatable bonds is 7. The van der Waals surface area contributed by atoms with Gasteiger partial charge in [0, 0.05) is 24.5 Å². The van der Waals surface area contributed by atoms with Gasteiger partial charge in [-0.25, -0.2) is 0 Å². The molecule has 2 atom stereocenters. The molecule has 2 aromatic heterocycles. The number of ether oxygens (including phenoxy) is 1. The molecule has 0 unspecified atom stereocenters. The lowest BCUT2D eigenvalue weighted by Gasteiger charge is -2.34. The molecule has 2 fully saturated rings. The van der Waals surface area contributed by atoms with E-state index in [1.54, 1.807) is 6.92 Å². The van der Waals surface area contributed by atoms with Crippen LogP contribution in [0.1, 0.15) is 71.5 Å². The average molecular weight is 585 g/mol. The van der Waals surface area contributed by atoms with E-state index in [4.69, 9.17) is 27.9 Å². The third-order valence-corrected chi connectivity index (χ3v) is 8.74. The Morgan fingerprint density at radius 2 is 1.70 bits per heavy atom. The van der Waals surface area contributed by atoms with E-state index < -0.39 is 23.5 Å². The van der Waals surface area contributed by atoms with Gasteiger partial charge in [-0.2, -0.15) is 5.10 Å². The van der Waals surface area contributed by atoms with Crippen molar-refractivity contribution in [2.45, 2.75) is 64.1 Å². The molecule has 40 heavy (non-hydrogen) atoms. The zero-order valence-electron chi connectivity index (χ0n) is 22.2. The zero-order valence-corrected chi connectivity index (χ0v) is 23.7. The molecule has 1 saturated carbocycles. The van der Waals surface area contributed by atoms with Crippen molar-refractivity contribution in [1.82, 2.24) is 19.7 Å². The first-order valence-corrected chi connectivity index (χ1v) is 14.0. The third kappa shape index (κ3) is 5.32. The number of carboxylic acids is 1. The molecule has 3 aromatic rings. The number of carbonyl (C=O) groups is 3. The van der Waals surface area contributed by atoms with Crippen molar-refractivity contribution in [3.63, 3.8) is 0 Å². The quantitative estimate of drug-likeness (QED) is 0.357. The molecule has 0 bridgehead atoms. The first-order chi connectivity index (χ1) is 19.1. The maximum atomic E-state index is 14.0. The minimum Gasteiger partial charge on any atom is -0.488 e. The molecular weight excluding hydrogens is 555 g/mol. The van der Waals surface area contributed by atoms with Crippen LogP contribution in [0.5, 0.6) is 5.75 Å². The summed E-state index contributed by atoms with van der Waals surface area (Å²) >= 11 is 12.6. The number of hydrogen-bond acceptors (Lipinski definition) is 6. The molecule has 1 aliphatic heterocycles. The van der Waals surface area contributed by atoms with E-state index >= 15 is 0 Å². The van der Waals surface area contributed by atoms with Crippen molar-refractivity contribution >= 4 is 40.9 Å². The molecular formula is C29H30Cl2N4O5. The second-order valence-electron chi connectivity index (χ2n) is 10.8. The van der Waals surface area contributed by atoms with Gasteiger partial charge in [-0.3, -0.25) is 24.0 Å². The van der Waals surface area contributed by atoms with Crippen LogP contribution in [0.25, 0.3) is 0 Å². The number of hydrogen-bond donors (Lipinski definition) is 1. The highest BCUT2D eigenvalue weighted by atomic mass is 35.5. The minimum absolute atomic E-state index is 0.00595. The van der Waals surface area contributed by atoms with Crippen LogP contribution in [0, 0.1) is 12.3 Å². The molecule has 5 rings (SSSR count). The number of pyridine rings is 1. The fourth-order valence-corrected chi connectivity index (χ4v) is 6.27. The van der Waals surface area contributed by atoms with Crippen LogP contribution < -0.4 is 4.74 Å². The Hall–Kier alpha value is -3.43. The van der Waals surface area contributed by atoms with Gasteiger partial charge in [0.25, 0.3) is 5.91 Å². The summed E-state index contributed by atoms with van der Waals surface area (Å²) in [7, 11) is 0. The minimum atomic E-state index is -0.854. The highest BCUT2D eigenvalue weighted by Crippen LogP contribution is 2.41. The maximum Gasteiger partial charge on any atom is 0.309 e. The van der Waals surface area contributed by atoms with Crippen molar-refractivity contribution in [2.24, 2.45) is 5.41 Å². The topological polar surface area (TPSA) is 115 Å². The van der Waals surface area contributed by atoms with Gasteiger partial charge in [0.15, 0.2) is 5.78 Å². The van der Waals surface area contributed by atoms with Crippen LogP contribution in [0.3, 0.4) is 0 Å². The Morgan fingerprint density at radius 1 is 1.05 bits per heavy atom. The normalized spacial score (nSPS) is 24.6. The summed E-state index contributed by atoms with van der Waals surface area (Å²) in [6.07, 6.45) is 6.43. The number of aromatic nitrogens is 3. The van der Waals surface area contributed by atoms with Gasteiger partial charge in [-0.05, 0) is 51.7 Å². The van der Waals surface area contributed by atoms with Gasteiger partial charge in [0.1, 0.15) is 11.9 Å². The van der Waals surface area contributed by atoms with Gasteiger partial charge in [-0.15, -0.1) is 0 Å². The number of halogens is 2. The second-order valence-corrected chi connectivity index (χ2v) is 11.6. The number of Topliss-reactive ketones (excluding diaryl/α,β-unsaturated/α-hetero) is 1. The van der Waals surface area contributed by atoms with Gasteiger partial charge in [-0.1, -0.05) is 41.4 Å². The number of carboxylic acid groups (broad SMARTS) is 1. The molecule has 0 radical (unpaired) electrons. The average Bonchev–Trinajstić information content (AvgIpc) is 3.53. The largest absolute Gasteiger partial charge is 0.488 e. The number of likely N-dealkylation sites (tertiary alicyclic amines) is 1. The molecule has 1 aromatic carbocycles. The molecule has 11 heteroatoms. The monoisotopic (exact) mass is 584 g/mol. The second kappa shape index (κ2) is 11.2. The van der Waals surface area contributed by atoms with Crippen molar-refractivity contribution in [3.05, 3.63) is 75.8 Å². The van der Waals surface area contributed by atoms with E-state index in [2.05, 4.69) is 10.1 Å². The van der Waals surface area contributed by atoms with Crippen LogP contribution in [-0.2, 0) is 4.79 Å². The van der Waals surface area contributed by atoms with Gasteiger partial charge >= 0.3 is 5.97 Å². The van der Waals surface area contributed by atoms with Crippen molar-refractivity contribution in [1.29, 1.82) is 0 Å². The Kier molecular flexibility index (Phi) is 7.88. The molecule has 2 aliphatic rings. The van der Waals surface area contributed by atoms with Crippen molar-refractivity contribution in [3.8, 4) is 5.75 Å². The molecule has 1 N–H and O–H groups in total. The smallest absolute Gasteiger partial charge is 0.309 e.